The molecule has 13 heavy (non-hydrogen) atoms. The number of piperidine rings is 1. The Hall–Kier alpha value is -0.710. The molecule has 2 atom stereocenters. The first-order valence-corrected chi connectivity index (χ1v) is 5.27. The lowest BCUT2D eigenvalue weighted by Gasteiger charge is -2.45. The van der Waals surface area contributed by atoms with Crippen LogP contribution in [-0.4, -0.2) is 45.5 Å². The van der Waals surface area contributed by atoms with Crippen LogP contribution in [0.2, 0.25) is 0 Å². The Bertz CT molecular complexity index is 250. The Kier molecular flexibility index (Phi) is 2.19. The van der Waals surface area contributed by atoms with E-state index >= 15 is 0 Å². The maximum atomic E-state index is 11.5. The molecular weight excluding hydrogens is 190 g/mol. The lowest BCUT2D eigenvalue weighted by molar-refractivity contribution is -0.139. The van der Waals surface area contributed by atoms with Crippen LogP contribution >= 0.6 is 11.8 Å². The number of aliphatic carboxylic acids is 1. The van der Waals surface area contributed by atoms with Gasteiger partial charge in [-0.05, 0) is 6.42 Å². The zero-order valence-corrected chi connectivity index (χ0v) is 7.92. The Morgan fingerprint density at radius 2 is 2.38 bits per heavy atom. The van der Waals surface area contributed by atoms with Crippen molar-refractivity contribution in [2.24, 2.45) is 0 Å². The first-order chi connectivity index (χ1) is 6.16. The predicted molar refractivity (Wildman–Crippen MR) is 48.6 cm³/mol. The highest BCUT2D eigenvalue weighted by Gasteiger charge is 2.44. The van der Waals surface area contributed by atoms with Crippen LogP contribution < -0.4 is 0 Å². The maximum absolute atomic E-state index is 11.5. The smallest absolute Gasteiger partial charge is 0.305 e. The van der Waals surface area contributed by atoms with Crippen LogP contribution in [0.5, 0.6) is 0 Å². The van der Waals surface area contributed by atoms with Crippen molar-refractivity contribution in [3.63, 3.8) is 0 Å². The minimum Gasteiger partial charge on any atom is -0.481 e. The molecular formula is C8H11NO3S. The molecule has 3 aliphatic rings. The number of fused-ring (bicyclic) bond motifs is 2. The number of carboxylic acids is 1. The lowest BCUT2D eigenvalue weighted by atomic mass is 10.1. The predicted octanol–water partition coefficient (Wildman–Crippen LogP) is 0.177. The average molecular weight is 201 g/mol. The van der Waals surface area contributed by atoms with Crippen molar-refractivity contribution in [1.29, 1.82) is 0 Å². The van der Waals surface area contributed by atoms with E-state index in [9.17, 15) is 9.59 Å². The Morgan fingerprint density at radius 3 is 2.92 bits per heavy atom. The highest BCUT2D eigenvalue weighted by atomic mass is 32.2. The molecule has 2 unspecified atom stereocenters. The number of thioether (sulfide) groups is 1. The molecule has 2 bridgehead atoms. The van der Waals surface area contributed by atoms with Gasteiger partial charge in [0.05, 0.1) is 11.7 Å². The summed E-state index contributed by atoms with van der Waals surface area (Å²) >= 11 is 1.72. The average Bonchev–Trinajstić information content (AvgIpc) is 2.00. The van der Waals surface area contributed by atoms with Crippen molar-refractivity contribution in [3.8, 4) is 0 Å². The molecule has 5 heteroatoms. The van der Waals surface area contributed by atoms with Crippen molar-refractivity contribution in [3.05, 3.63) is 0 Å². The van der Waals surface area contributed by atoms with Gasteiger partial charge in [0.15, 0.2) is 0 Å². The van der Waals surface area contributed by atoms with Crippen LogP contribution in [0.4, 0.5) is 0 Å². The van der Waals surface area contributed by atoms with Gasteiger partial charge in [-0.3, -0.25) is 9.59 Å². The number of rotatable bonds is 3. The monoisotopic (exact) mass is 201 g/mol. The fourth-order valence-corrected chi connectivity index (χ4v) is 2.99. The van der Waals surface area contributed by atoms with Crippen LogP contribution in [0, 0.1) is 0 Å². The molecule has 1 N–H and O–H groups in total. The molecule has 0 spiro atoms. The molecule has 0 aromatic rings. The third-order valence-corrected chi connectivity index (χ3v) is 3.89. The van der Waals surface area contributed by atoms with E-state index in [-0.39, 0.29) is 17.6 Å². The lowest BCUT2D eigenvalue weighted by Crippen LogP contribution is -2.55. The number of carbonyl (C=O) groups is 2. The second-order valence-corrected chi connectivity index (χ2v) is 4.92. The minimum atomic E-state index is -0.834. The van der Waals surface area contributed by atoms with Crippen molar-refractivity contribution in [1.82, 2.24) is 4.90 Å². The SMILES string of the molecule is O=C(O)CCN1CC2CC(S2)C1=O. The van der Waals surface area contributed by atoms with Crippen LogP contribution in [0.15, 0.2) is 0 Å². The van der Waals surface area contributed by atoms with Crippen LogP contribution in [-0.2, 0) is 9.59 Å². The van der Waals surface area contributed by atoms with Gasteiger partial charge in [-0.25, -0.2) is 0 Å². The van der Waals surface area contributed by atoms with E-state index in [1.165, 1.54) is 0 Å². The van der Waals surface area contributed by atoms with Crippen LogP contribution in [0.3, 0.4) is 0 Å². The van der Waals surface area contributed by atoms with Gasteiger partial charge in [-0.15, -0.1) is 11.8 Å². The van der Waals surface area contributed by atoms with E-state index in [4.69, 9.17) is 5.11 Å². The maximum Gasteiger partial charge on any atom is 0.305 e. The minimum absolute atomic E-state index is 0.0653. The summed E-state index contributed by atoms with van der Waals surface area (Å²) < 4.78 is 0. The first-order valence-electron chi connectivity index (χ1n) is 4.33. The number of carboxylic acid groups (broad SMARTS) is 1. The molecule has 3 aliphatic heterocycles. The molecule has 3 rings (SSSR count). The first kappa shape index (κ1) is 8.87. The fraction of sp³-hybridized carbons (Fsp3) is 0.750. The summed E-state index contributed by atoms with van der Waals surface area (Å²) in [5, 5.41) is 9.16. The van der Waals surface area contributed by atoms with Crippen molar-refractivity contribution in [2.45, 2.75) is 23.3 Å². The fourth-order valence-electron chi connectivity index (χ4n) is 1.71. The normalized spacial score (nSPS) is 31.4. The van der Waals surface area contributed by atoms with Crippen molar-refractivity contribution in [2.75, 3.05) is 13.1 Å². The molecule has 0 saturated carbocycles. The zero-order valence-electron chi connectivity index (χ0n) is 7.10. The summed E-state index contributed by atoms with van der Waals surface area (Å²) in [7, 11) is 0. The van der Waals surface area contributed by atoms with Gasteiger partial charge >= 0.3 is 5.97 Å². The molecule has 0 aliphatic carbocycles. The second kappa shape index (κ2) is 3.21. The van der Waals surface area contributed by atoms with E-state index in [1.54, 1.807) is 16.7 Å². The molecule has 3 fully saturated rings. The summed E-state index contributed by atoms with van der Waals surface area (Å²) in [6.45, 7) is 1.12. The van der Waals surface area contributed by atoms with E-state index < -0.39 is 5.97 Å². The molecule has 3 saturated heterocycles. The van der Waals surface area contributed by atoms with E-state index in [2.05, 4.69) is 0 Å². The van der Waals surface area contributed by atoms with Gasteiger partial charge in [0.25, 0.3) is 0 Å². The molecule has 1 amide bonds. The quantitative estimate of drug-likeness (QED) is 0.707. The zero-order chi connectivity index (χ0) is 9.42. The van der Waals surface area contributed by atoms with Gasteiger partial charge in [0, 0.05) is 18.3 Å². The van der Waals surface area contributed by atoms with Gasteiger partial charge in [0.2, 0.25) is 5.91 Å². The number of amides is 1. The van der Waals surface area contributed by atoms with Crippen LogP contribution in [0.25, 0.3) is 0 Å². The summed E-state index contributed by atoms with van der Waals surface area (Å²) in [5.41, 5.74) is 0. The highest BCUT2D eigenvalue weighted by molar-refractivity contribution is 8.02. The van der Waals surface area contributed by atoms with Gasteiger partial charge < -0.3 is 10.0 Å². The summed E-state index contributed by atoms with van der Waals surface area (Å²) in [5.74, 6) is -0.701. The summed E-state index contributed by atoms with van der Waals surface area (Å²) in [4.78, 5) is 23.5. The molecule has 3 heterocycles. The molecule has 72 valence electrons. The van der Waals surface area contributed by atoms with E-state index in [1.807, 2.05) is 0 Å². The van der Waals surface area contributed by atoms with E-state index in [0.29, 0.717) is 11.8 Å². The number of carbonyl (C=O) groups excluding carboxylic acids is 1. The second-order valence-electron chi connectivity index (χ2n) is 3.41. The standard InChI is InChI=1S/C8H11NO3S/c10-7(11)1-2-9-4-5-3-6(13-5)8(9)12/h5-6H,1-4H2,(H,10,11). The van der Waals surface area contributed by atoms with Gasteiger partial charge in [-0.1, -0.05) is 0 Å². The third kappa shape index (κ3) is 1.65. The Balaban J connectivity index is 1.86. The number of nitrogens with zero attached hydrogens (tertiary/aromatic N) is 1. The Morgan fingerprint density at radius 1 is 1.69 bits per heavy atom. The van der Waals surface area contributed by atoms with Crippen molar-refractivity contribution >= 4 is 23.6 Å². The molecule has 0 radical (unpaired) electrons. The summed E-state index contributed by atoms with van der Waals surface area (Å²) in [6.07, 6.45) is 1.06. The number of hydrogen-bond donors (Lipinski definition) is 1. The van der Waals surface area contributed by atoms with E-state index in [0.717, 1.165) is 13.0 Å². The Labute approximate surface area is 80.3 Å². The number of hydrogen-bond acceptors (Lipinski definition) is 3. The topological polar surface area (TPSA) is 57.6 Å². The van der Waals surface area contributed by atoms with Crippen molar-refractivity contribution < 1.29 is 14.7 Å². The third-order valence-electron chi connectivity index (χ3n) is 2.44. The highest BCUT2D eigenvalue weighted by Crippen LogP contribution is 2.42. The van der Waals surface area contributed by atoms with Crippen LogP contribution in [0.1, 0.15) is 12.8 Å². The molecule has 4 nitrogen and oxygen atoms in total. The van der Waals surface area contributed by atoms with Gasteiger partial charge in [-0.2, -0.15) is 0 Å². The molecule has 0 aromatic heterocycles. The van der Waals surface area contributed by atoms with Gasteiger partial charge in [0.1, 0.15) is 0 Å². The molecule has 0 aromatic carbocycles. The summed E-state index contributed by atoms with van der Waals surface area (Å²) in [6, 6.07) is 0. The largest absolute Gasteiger partial charge is 0.481 e.